The molecule has 110 heavy (non-hydrogen) atoms. The van der Waals surface area contributed by atoms with Crippen LogP contribution in [0.1, 0.15) is 189 Å². The van der Waals surface area contributed by atoms with Gasteiger partial charge in [-0.05, 0) is 123 Å². The zero-order chi connectivity index (χ0) is 77.0. The Morgan fingerprint density at radius 2 is 0.836 bits per heavy atom. The number of thioether (sulfide) groups is 3. The molecule has 592 valence electrons. The Hall–Kier alpha value is -8.85. The van der Waals surface area contributed by atoms with Crippen LogP contribution in [0, 0.1) is 10.1 Å². The maximum Gasteiger partial charge on any atom is 0.269 e. The first-order valence-electron chi connectivity index (χ1n) is 34.7. The first-order valence-corrected chi connectivity index (χ1v) is 40.5. The van der Waals surface area contributed by atoms with Gasteiger partial charge >= 0.3 is 0 Å². The molecule has 0 unspecified atom stereocenters. The van der Waals surface area contributed by atoms with Gasteiger partial charge in [-0.2, -0.15) is 0 Å². The van der Waals surface area contributed by atoms with Gasteiger partial charge in [0.25, 0.3) is 23.4 Å². The molecule has 0 radical (unpaired) electrons. The zero-order valence-electron chi connectivity index (χ0n) is 61.3. The molecule has 0 saturated carbocycles. The number of nitrogens with zero attached hydrogens (tertiary/aromatic N) is 10. The highest BCUT2D eigenvalue weighted by atomic mass is 35.5. The number of halogens is 1. The largest absolute Gasteiger partial charge is 0.444 e. The second-order valence-corrected chi connectivity index (χ2v) is 35.6. The molecule has 3 aliphatic rings. The van der Waals surface area contributed by atoms with Gasteiger partial charge in [0.2, 0.25) is 28.8 Å². The smallest absolute Gasteiger partial charge is 0.269 e. The third kappa shape index (κ3) is 27.6. The fourth-order valence-electron chi connectivity index (χ4n) is 10.9. The van der Waals surface area contributed by atoms with Gasteiger partial charge in [0.05, 0.1) is 72.0 Å². The summed E-state index contributed by atoms with van der Waals surface area (Å²) in [4.78, 5) is 102. The predicted octanol–water partition coefficient (Wildman–Crippen LogP) is 18.8. The number of nitro benzene ring substituents is 1. The Morgan fingerprint density at radius 3 is 1.12 bits per heavy atom. The molecule has 0 bridgehead atoms. The second-order valence-electron chi connectivity index (χ2n) is 28.3. The van der Waals surface area contributed by atoms with Crippen molar-refractivity contribution in [1.29, 1.82) is 0 Å². The molecule has 3 saturated heterocycles. The molecule has 9 heterocycles. The van der Waals surface area contributed by atoms with Crippen molar-refractivity contribution in [2.45, 2.75) is 187 Å². The number of hydrogen-bond donors (Lipinski definition) is 5. The molecule has 3 aromatic carbocycles. The van der Waals surface area contributed by atoms with E-state index in [2.05, 4.69) is 127 Å². The zero-order valence-corrected chi connectivity index (χ0v) is 66.9. The summed E-state index contributed by atoms with van der Waals surface area (Å²) in [5, 5.41) is 26.0. The number of rotatable bonds is 22. The van der Waals surface area contributed by atoms with Gasteiger partial charge in [-0.15, -0.1) is 35.3 Å². The number of benzene rings is 3. The number of likely N-dealkylation sites (tertiary alicyclic amines) is 3. The fourth-order valence-corrected chi connectivity index (χ4v) is 16.3. The highest BCUT2D eigenvalue weighted by Gasteiger charge is 2.30. The molecule has 25 nitrogen and oxygen atoms in total. The number of hydrogen-bond acceptors (Lipinski definition) is 26. The predicted molar refractivity (Wildman–Crippen MR) is 449 cm³/mol. The molecule has 0 spiro atoms. The average Bonchev–Trinajstić information content (AvgIpc) is 1.28. The Labute approximate surface area is 674 Å². The Kier molecular flexibility index (Phi) is 34.4. The fraction of sp³-hybridized carbons (Fsp3) is 0.423. The van der Waals surface area contributed by atoms with Gasteiger partial charge in [-0.25, -0.2) is 29.9 Å². The number of piperidine rings is 3. The molecular formula is C78H102ClN15O10S6. The summed E-state index contributed by atoms with van der Waals surface area (Å²) in [5.41, 5.74) is 8.57. The average molecular weight is 1640 g/mol. The molecule has 6 N–H and O–H groups in total. The number of allylic oxidation sites excluding steroid dienone is 1. The van der Waals surface area contributed by atoms with E-state index < -0.39 is 10.2 Å². The number of anilines is 5. The van der Waals surface area contributed by atoms with E-state index in [0.717, 1.165) is 109 Å². The first-order chi connectivity index (χ1) is 50.9. The molecule has 9 aromatic rings. The van der Waals surface area contributed by atoms with E-state index in [9.17, 15) is 34.1 Å². The topological polar surface area (TPSA) is 329 Å². The summed E-state index contributed by atoms with van der Waals surface area (Å²) in [6.45, 7) is 29.4. The van der Waals surface area contributed by atoms with Crippen LogP contribution < -0.4 is 27.0 Å². The van der Waals surface area contributed by atoms with Crippen molar-refractivity contribution in [2.24, 2.45) is 0 Å². The highest BCUT2D eigenvalue weighted by molar-refractivity contribution is 8.01. The van der Waals surface area contributed by atoms with Crippen LogP contribution in [-0.4, -0.2) is 136 Å². The monoisotopic (exact) mass is 1640 g/mol. The Morgan fingerprint density at radius 1 is 0.527 bits per heavy atom. The van der Waals surface area contributed by atoms with Crippen LogP contribution in [0.5, 0.6) is 0 Å². The van der Waals surface area contributed by atoms with E-state index in [1.807, 2.05) is 34.6 Å². The van der Waals surface area contributed by atoms with Crippen molar-refractivity contribution in [3.05, 3.63) is 197 Å². The standard InChI is InChI=1S/C26H31N5O3S2.C23H27N5O4S2.C23H29N5O2S2.C3H3ClO.3CH4/c1-5-21(32)29-18-10-8-17(9-11-18)24(33)31-12-6-7-19(15-31)30-25-28-14-23(36-25)35-16-22-27-13-20(34-22)26(2,3)4;1-23(2,3)18-11-24-19(32-18)14-33-20-12-25-22(34-20)26-16-5-4-10-27(13-16)21(29)15-6-8-17(9-7-15)28(30)31;1-23(2,3)18-11-25-19(30-18)14-31-20-12-26-22(32-20)27-17-5-4-10-28(13-17)21(29)15-6-8-16(24)9-7-15;1-2-3(4)5;;;/h5,8-11,13-14,19H,1,6-7,12,15-16H2,2-4H3,(H,28,30)(H,29,32);6-9,11-12,16H,4-5,10,13-14H2,1-3H3,(H,25,26);6-9,11-12,17H,4-5,10,13-14,24H2,1-3H3,(H,26,27);2H,1H2;3*1H4/t19-;16-;17-;;;;/m111..../s1. The minimum Gasteiger partial charge on any atom is -0.444 e. The van der Waals surface area contributed by atoms with E-state index in [1.54, 1.807) is 135 Å². The number of thiazole rings is 3. The molecule has 3 atom stereocenters. The third-order valence-corrected chi connectivity index (χ3v) is 23.2. The first kappa shape index (κ1) is 90.0. The quantitative estimate of drug-likeness (QED) is 0.0105. The normalized spacial score (nSPS) is 15.5. The van der Waals surface area contributed by atoms with Crippen molar-refractivity contribution >= 4 is 142 Å². The van der Waals surface area contributed by atoms with E-state index in [1.165, 1.54) is 30.3 Å². The maximum absolute atomic E-state index is 13.0. The SMILES string of the molecule is C.C.C.C=CC(=O)Cl.C=CC(=O)Nc1ccc(C(=O)N2CCC[C@@H](Nc3ncc(SCc4ncc(C(C)(C)C)o4)s3)C2)cc1.CC(C)(C)c1cnc(CSc2cnc(N[C@@H]3CCCN(C(=O)c4ccc(N)cc4)C3)s2)o1.CC(C)(C)c1cnc(CSc2cnc(N[C@@H]3CCCN(C(=O)c4ccc([N+](=O)[O-])cc4)C3)s2)o1. The number of non-ortho nitro benzene ring substituents is 1. The van der Waals surface area contributed by atoms with Gasteiger partial charge in [-0.1, -0.05) is 132 Å². The van der Waals surface area contributed by atoms with Crippen molar-refractivity contribution in [3.63, 3.8) is 0 Å². The van der Waals surface area contributed by atoms with Crippen molar-refractivity contribution in [2.75, 3.05) is 66.3 Å². The van der Waals surface area contributed by atoms with Gasteiger partial charge in [0.1, 0.15) is 17.3 Å². The lowest BCUT2D eigenvalue weighted by atomic mass is 9.94. The maximum atomic E-state index is 13.0. The van der Waals surface area contributed by atoms with E-state index >= 15 is 0 Å². The second kappa shape index (κ2) is 42.0. The summed E-state index contributed by atoms with van der Waals surface area (Å²) in [6, 6.07) is 20.2. The molecule has 4 amide bonds. The molecule has 3 aliphatic heterocycles. The van der Waals surface area contributed by atoms with Gasteiger partial charge in [0.15, 0.2) is 15.4 Å². The van der Waals surface area contributed by atoms with Crippen molar-refractivity contribution < 1.29 is 42.1 Å². The highest BCUT2D eigenvalue weighted by Crippen LogP contribution is 2.37. The lowest BCUT2D eigenvalue weighted by Crippen LogP contribution is -2.45. The summed E-state index contributed by atoms with van der Waals surface area (Å²) >= 11 is 14.5. The minimum atomic E-state index is -0.509. The van der Waals surface area contributed by atoms with Crippen LogP contribution in [0.3, 0.4) is 0 Å². The summed E-state index contributed by atoms with van der Waals surface area (Å²) in [7, 11) is 0. The summed E-state index contributed by atoms with van der Waals surface area (Å²) < 4.78 is 20.8. The lowest BCUT2D eigenvalue weighted by molar-refractivity contribution is -0.384. The number of carbonyl (C=O) groups is 5. The number of amides is 4. The minimum absolute atomic E-state index is 0. The number of aromatic nitrogens is 6. The Balaban J connectivity index is 0.000000247. The van der Waals surface area contributed by atoms with Crippen molar-refractivity contribution in [3.8, 4) is 0 Å². The van der Waals surface area contributed by atoms with Gasteiger partial charge < -0.3 is 55.0 Å². The van der Waals surface area contributed by atoms with E-state index in [-0.39, 0.29) is 86.0 Å². The van der Waals surface area contributed by atoms with E-state index in [4.69, 9.17) is 30.6 Å². The third-order valence-electron chi connectivity index (χ3n) is 16.7. The van der Waals surface area contributed by atoms with Gasteiger partial charge in [0, 0.05) is 114 Å². The van der Waals surface area contributed by atoms with Crippen LogP contribution in [0.4, 0.5) is 32.5 Å². The van der Waals surface area contributed by atoms with Crippen LogP contribution >= 0.6 is 80.9 Å². The summed E-state index contributed by atoms with van der Waals surface area (Å²) in [5.74, 6) is 6.40. The van der Waals surface area contributed by atoms with Crippen LogP contribution in [-0.2, 0) is 43.1 Å². The van der Waals surface area contributed by atoms with Crippen LogP contribution in [0.25, 0.3) is 0 Å². The number of oxazole rings is 3. The molecule has 3 fully saturated rings. The number of carbonyl (C=O) groups excluding carboxylic acids is 5. The lowest BCUT2D eigenvalue weighted by Gasteiger charge is -2.33. The van der Waals surface area contributed by atoms with Gasteiger partial charge in [-0.3, -0.25) is 34.1 Å². The Bertz CT molecular complexity index is 4460. The molecule has 32 heteroatoms. The molecular weight excluding hydrogens is 1530 g/mol. The summed E-state index contributed by atoms with van der Waals surface area (Å²) in [6.07, 6.45) is 19.0. The van der Waals surface area contributed by atoms with Crippen LogP contribution in [0.2, 0.25) is 0 Å². The number of nitro groups is 1. The molecule has 6 aromatic heterocycles. The van der Waals surface area contributed by atoms with E-state index in [0.29, 0.717) is 83.3 Å². The van der Waals surface area contributed by atoms with Crippen LogP contribution in [0.15, 0.2) is 161 Å². The number of nitrogens with two attached hydrogens (primary N) is 1. The molecule has 0 aliphatic carbocycles. The molecule has 12 rings (SSSR count). The number of nitrogens with one attached hydrogen (secondary N) is 4. The van der Waals surface area contributed by atoms with Crippen molar-refractivity contribution in [1.82, 2.24) is 44.6 Å². The number of nitrogen functional groups attached to an aromatic ring is 1.